The van der Waals surface area contributed by atoms with Crippen LogP contribution in [-0.2, 0) is 11.3 Å². The lowest BCUT2D eigenvalue weighted by atomic mass is 10.1. The fraction of sp³-hybridized carbons (Fsp3) is 0.190. The Morgan fingerprint density at radius 2 is 2.04 bits per heavy atom. The summed E-state index contributed by atoms with van der Waals surface area (Å²) in [5.74, 6) is 6.54. The van der Waals surface area contributed by atoms with E-state index in [1.54, 1.807) is 19.1 Å². The van der Waals surface area contributed by atoms with Gasteiger partial charge in [0.25, 0.3) is 5.56 Å². The fourth-order valence-corrected chi connectivity index (χ4v) is 2.50. The number of carbonyl (C=O) groups is 1. The molecule has 0 saturated carbocycles. The van der Waals surface area contributed by atoms with Gasteiger partial charge in [-0.1, -0.05) is 42.2 Å². The van der Waals surface area contributed by atoms with Gasteiger partial charge in [0, 0.05) is 18.5 Å². The molecule has 136 valence electrons. The molecule has 6 heteroatoms. The van der Waals surface area contributed by atoms with Crippen LogP contribution in [0.25, 0.3) is 10.9 Å². The third kappa shape index (κ3) is 5.19. The maximum Gasteiger partial charge on any atom is 0.407 e. The monoisotopic (exact) mass is 361 g/mol. The van der Waals surface area contributed by atoms with Crippen LogP contribution < -0.4 is 10.9 Å². The Morgan fingerprint density at radius 3 is 2.85 bits per heavy atom. The molecule has 1 aromatic heterocycles. The van der Waals surface area contributed by atoms with E-state index in [0.717, 1.165) is 11.1 Å². The Labute approximate surface area is 156 Å². The number of nitrogens with zero attached hydrogens (tertiary/aromatic N) is 1. The van der Waals surface area contributed by atoms with Crippen molar-refractivity contribution >= 4 is 17.0 Å². The zero-order chi connectivity index (χ0) is 19.1. The van der Waals surface area contributed by atoms with Crippen molar-refractivity contribution in [1.29, 1.82) is 0 Å². The maximum atomic E-state index is 12.0. The smallest absolute Gasteiger partial charge is 0.407 e. The van der Waals surface area contributed by atoms with Crippen LogP contribution in [-0.4, -0.2) is 22.6 Å². The molecular formula is C21H19N3O3. The van der Waals surface area contributed by atoms with Crippen LogP contribution in [0.2, 0.25) is 0 Å². The second-order valence-electron chi connectivity index (χ2n) is 5.92. The van der Waals surface area contributed by atoms with Gasteiger partial charge in [-0.05, 0) is 30.7 Å². The van der Waals surface area contributed by atoms with Gasteiger partial charge in [-0.15, -0.1) is 0 Å². The number of aromatic amines is 1. The SMILES string of the molecule is Cc1nc2ccc(C#CCCNC(=O)OCc3ccccc3)cc2c(=O)[nH]1. The number of nitrogens with one attached hydrogen (secondary N) is 2. The molecule has 0 atom stereocenters. The summed E-state index contributed by atoms with van der Waals surface area (Å²) in [6, 6.07) is 14.8. The summed E-state index contributed by atoms with van der Waals surface area (Å²) >= 11 is 0. The lowest BCUT2D eigenvalue weighted by Gasteiger charge is -2.05. The molecule has 1 heterocycles. The molecule has 27 heavy (non-hydrogen) atoms. The van der Waals surface area contributed by atoms with E-state index < -0.39 is 6.09 Å². The molecule has 3 rings (SSSR count). The molecule has 3 aromatic rings. The van der Waals surface area contributed by atoms with Gasteiger partial charge in [0.15, 0.2) is 0 Å². The number of aromatic nitrogens is 2. The van der Waals surface area contributed by atoms with E-state index in [9.17, 15) is 9.59 Å². The lowest BCUT2D eigenvalue weighted by molar-refractivity contribution is 0.140. The van der Waals surface area contributed by atoms with Gasteiger partial charge < -0.3 is 15.0 Å². The van der Waals surface area contributed by atoms with Crippen LogP contribution >= 0.6 is 0 Å². The van der Waals surface area contributed by atoms with Gasteiger partial charge in [-0.2, -0.15) is 0 Å². The van der Waals surface area contributed by atoms with Crippen molar-refractivity contribution in [3.8, 4) is 11.8 Å². The first kappa shape index (κ1) is 18.2. The van der Waals surface area contributed by atoms with Crippen LogP contribution in [0, 0.1) is 18.8 Å². The molecule has 0 aliphatic carbocycles. The third-order valence-electron chi connectivity index (χ3n) is 3.79. The first-order valence-corrected chi connectivity index (χ1v) is 8.56. The van der Waals surface area contributed by atoms with Crippen LogP contribution in [0.3, 0.4) is 0 Å². The highest BCUT2D eigenvalue weighted by Gasteiger charge is 2.02. The quantitative estimate of drug-likeness (QED) is 0.553. The molecule has 0 saturated heterocycles. The van der Waals surface area contributed by atoms with E-state index in [-0.39, 0.29) is 12.2 Å². The van der Waals surface area contributed by atoms with Gasteiger partial charge in [0.1, 0.15) is 12.4 Å². The number of fused-ring (bicyclic) bond motifs is 1. The standard InChI is InChI=1S/C21H19N3O3/c1-15-23-19-11-10-16(13-18(19)20(25)24-15)7-5-6-12-22-21(26)27-14-17-8-3-2-4-9-17/h2-4,8-11,13H,6,12,14H2,1H3,(H,22,26)(H,23,24,25). The highest BCUT2D eigenvalue weighted by molar-refractivity contribution is 5.79. The summed E-state index contributed by atoms with van der Waals surface area (Å²) in [6.45, 7) is 2.36. The highest BCUT2D eigenvalue weighted by Crippen LogP contribution is 2.09. The number of rotatable bonds is 4. The summed E-state index contributed by atoms with van der Waals surface area (Å²) < 4.78 is 5.12. The summed E-state index contributed by atoms with van der Waals surface area (Å²) in [5.41, 5.74) is 2.13. The van der Waals surface area contributed by atoms with Gasteiger partial charge in [0.2, 0.25) is 0 Å². The van der Waals surface area contributed by atoms with Crippen molar-refractivity contribution in [2.45, 2.75) is 20.0 Å². The Bertz CT molecular complexity index is 1060. The average Bonchev–Trinajstić information content (AvgIpc) is 2.67. The molecule has 0 aliphatic rings. The Kier molecular flexibility index (Phi) is 5.85. The Morgan fingerprint density at radius 1 is 1.22 bits per heavy atom. The number of amides is 1. The number of carbonyl (C=O) groups excluding carboxylic acids is 1. The molecule has 0 aliphatic heterocycles. The van der Waals surface area contributed by atoms with E-state index in [1.165, 1.54) is 0 Å². The van der Waals surface area contributed by atoms with Crippen molar-refractivity contribution in [3.05, 3.63) is 75.8 Å². The number of H-pyrrole nitrogens is 1. The third-order valence-corrected chi connectivity index (χ3v) is 3.79. The number of hydrogen-bond acceptors (Lipinski definition) is 4. The van der Waals surface area contributed by atoms with E-state index in [2.05, 4.69) is 27.1 Å². The topological polar surface area (TPSA) is 84.1 Å². The van der Waals surface area contributed by atoms with Gasteiger partial charge in [-0.3, -0.25) is 4.79 Å². The average molecular weight is 361 g/mol. The lowest BCUT2D eigenvalue weighted by Crippen LogP contribution is -2.24. The first-order valence-electron chi connectivity index (χ1n) is 8.56. The summed E-state index contributed by atoms with van der Waals surface area (Å²) in [6.07, 6.45) is 0.000357. The van der Waals surface area contributed by atoms with Crippen molar-refractivity contribution < 1.29 is 9.53 Å². The van der Waals surface area contributed by atoms with Gasteiger partial charge >= 0.3 is 6.09 Å². The van der Waals surface area contributed by atoms with E-state index in [0.29, 0.717) is 29.7 Å². The van der Waals surface area contributed by atoms with Crippen molar-refractivity contribution in [3.63, 3.8) is 0 Å². The minimum Gasteiger partial charge on any atom is -0.445 e. The molecule has 0 fully saturated rings. The van der Waals surface area contributed by atoms with E-state index in [4.69, 9.17) is 4.74 Å². The van der Waals surface area contributed by atoms with Crippen LogP contribution in [0.1, 0.15) is 23.4 Å². The molecule has 0 bridgehead atoms. The Balaban J connectivity index is 1.48. The molecule has 0 unspecified atom stereocenters. The Hall–Kier alpha value is -3.59. The molecule has 2 aromatic carbocycles. The van der Waals surface area contributed by atoms with Crippen molar-refractivity contribution in [1.82, 2.24) is 15.3 Å². The van der Waals surface area contributed by atoms with Crippen molar-refractivity contribution in [2.24, 2.45) is 0 Å². The largest absolute Gasteiger partial charge is 0.445 e. The zero-order valence-electron chi connectivity index (χ0n) is 14.9. The molecule has 2 N–H and O–H groups in total. The fourth-order valence-electron chi connectivity index (χ4n) is 2.50. The minimum absolute atomic E-state index is 0.177. The summed E-state index contributed by atoms with van der Waals surface area (Å²) in [4.78, 5) is 30.6. The van der Waals surface area contributed by atoms with Crippen LogP contribution in [0.4, 0.5) is 4.79 Å². The number of benzene rings is 2. The number of alkyl carbamates (subject to hydrolysis) is 1. The van der Waals surface area contributed by atoms with Crippen LogP contribution in [0.15, 0.2) is 53.3 Å². The molecular weight excluding hydrogens is 342 g/mol. The number of aryl methyl sites for hydroxylation is 1. The number of hydrogen-bond donors (Lipinski definition) is 2. The molecule has 0 radical (unpaired) electrons. The van der Waals surface area contributed by atoms with Gasteiger partial charge in [0.05, 0.1) is 10.9 Å². The molecule has 6 nitrogen and oxygen atoms in total. The van der Waals surface area contributed by atoms with Crippen LogP contribution in [0.5, 0.6) is 0 Å². The zero-order valence-corrected chi connectivity index (χ0v) is 14.9. The predicted octanol–water partition coefficient (Wildman–Crippen LogP) is 2.90. The maximum absolute atomic E-state index is 12.0. The highest BCUT2D eigenvalue weighted by atomic mass is 16.5. The summed E-state index contributed by atoms with van der Waals surface area (Å²) in [5, 5.41) is 3.16. The molecule has 1 amide bonds. The predicted molar refractivity (Wildman–Crippen MR) is 103 cm³/mol. The van der Waals surface area contributed by atoms with E-state index in [1.807, 2.05) is 36.4 Å². The van der Waals surface area contributed by atoms with E-state index >= 15 is 0 Å². The second-order valence-corrected chi connectivity index (χ2v) is 5.92. The molecule has 0 spiro atoms. The van der Waals surface area contributed by atoms with Crippen molar-refractivity contribution in [2.75, 3.05) is 6.54 Å². The minimum atomic E-state index is -0.473. The first-order chi connectivity index (χ1) is 13.1. The number of ether oxygens (including phenoxy) is 1. The normalized spacial score (nSPS) is 10.1. The van der Waals surface area contributed by atoms with Gasteiger partial charge in [-0.25, -0.2) is 9.78 Å². The summed E-state index contributed by atoms with van der Waals surface area (Å²) in [7, 11) is 0. The second kappa shape index (κ2) is 8.68.